The molecule has 8 heteroatoms. The smallest absolute Gasteiger partial charge is 0.249 e. The van der Waals surface area contributed by atoms with Gasteiger partial charge in [-0.05, 0) is 48.2 Å². The van der Waals surface area contributed by atoms with E-state index in [0.717, 1.165) is 12.0 Å². The van der Waals surface area contributed by atoms with Crippen molar-refractivity contribution in [3.05, 3.63) is 65.0 Å². The molecular weight excluding hydrogens is 454 g/mol. The third-order valence-corrected chi connectivity index (χ3v) is 5.21. The molecule has 3 rings (SSSR count). The average molecular weight is 484 g/mol. The SMILES string of the molecule is CCCN(Cc1nnc(-c2ccccc2Cl)o1)C(=O)/C=C/c1ccc(OCC(C)C)c(OC)c1. The number of hydrogen-bond donors (Lipinski definition) is 0. The summed E-state index contributed by atoms with van der Waals surface area (Å²) in [5.41, 5.74) is 1.49. The topological polar surface area (TPSA) is 77.7 Å². The highest BCUT2D eigenvalue weighted by atomic mass is 35.5. The first-order chi connectivity index (χ1) is 16.4. The van der Waals surface area contributed by atoms with E-state index in [0.29, 0.717) is 52.9 Å². The number of carbonyl (C=O) groups is 1. The van der Waals surface area contributed by atoms with Gasteiger partial charge >= 0.3 is 0 Å². The molecule has 34 heavy (non-hydrogen) atoms. The lowest BCUT2D eigenvalue weighted by Gasteiger charge is -2.18. The van der Waals surface area contributed by atoms with Crippen molar-refractivity contribution in [1.29, 1.82) is 0 Å². The maximum atomic E-state index is 12.9. The number of carbonyl (C=O) groups excluding carboxylic acids is 1. The van der Waals surface area contributed by atoms with E-state index in [1.807, 2.05) is 43.3 Å². The number of aromatic nitrogens is 2. The molecule has 0 bridgehead atoms. The van der Waals surface area contributed by atoms with Gasteiger partial charge in [-0.2, -0.15) is 0 Å². The minimum Gasteiger partial charge on any atom is -0.493 e. The van der Waals surface area contributed by atoms with Crippen molar-refractivity contribution < 1.29 is 18.7 Å². The zero-order valence-electron chi connectivity index (χ0n) is 20.0. The monoisotopic (exact) mass is 483 g/mol. The van der Waals surface area contributed by atoms with Crippen molar-refractivity contribution in [2.75, 3.05) is 20.3 Å². The number of benzene rings is 2. The third-order valence-electron chi connectivity index (χ3n) is 4.88. The second-order valence-electron chi connectivity index (χ2n) is 8.19. The van der Waals surface area contributed by atoms with Crippen LogP contribution in [0.4, 0.5) is 0 Å². The fourth-order valence-electron chi connectivity index (χ4n) is 3.20. The largest absolute Gasteiger partial charge is 0.493 e. The van der Waals surface area contributed by atoms with Crippen LogP contribution in [0.5, 0.6) is 11.5 Å². The normalized spacial score (nSPS) is 11.2. The first-order valence-electron chi connectivity index (χ1n) is 11.3. The highest BCUT2D eigenvalue weighted by Crippen LogP contribution is 2.29. The van der Waals surface area contributed by atoms with Crippen molar-refractivity contribution in [3.8, 4) is 23.0 Å². The summed E-state index contributed by atoms with van der Waals surface area (Å²) in [7, 11) is 1.60. The van der Waals surface area contributed by atoms with E-state index in [4.69, 9.17) is 25.5 Å². The van der Waals surface area contributed by atoms with Gasteiger partial charge in [0, 0.05) is 12.6 Å². The molecule has 0 aliphatic rings. The van der Waals surface area contributed by atoms with Crippen molar-refractivity contribution in [1.82, 2.24) is 15.1 Å². The van der Waals surface area contributed by atoms with E-state index in [1.165, 1.54) is 6.08 Å². The molecule has 3 aromatic rings. The Hall–Kier alpha value is -3.32. The molecule has 7 nitrogen and oxygen atoms in total. The van der Waals surface area contributed by atoms with Gasteiger partial charge in [-0.3, -0.25) is 4.79 Å². The molecule has 1 aromatic heterocycles. The molecule has 0 saturated carbocycles. The van der Waals surface area contributed by atoms with Gasteiger partial charge in [-0.25, -0.2) is 0 Å². The Balaban J connectivity index is 1.70. The highest BCUT2D eigenvalue weighted by Gasteiger charge is 2.17. The summed E-state index contributed by atoms with van der Waals surface area (Å²) < 4.78 is 17.0. The van der Waals surface area contributed by atoms with E-state index >= 15 is 0 Å². The molecule has 2 aromatic carbocycles. The summed E-state index contributed by atoms with van der Waals surface area (Å²) >= 11 is 6.22. The maximum Gasteiger partial charge on any atom is 0.249 e. The third kappa shape index (κ3) is 6.84. The highest BCUT2D eigenvalue weighted by molar-refractivity contribution is 6.33. The molecule has 1 amide bonds. The maximum absolute atomic E-state index is 12.9. The molecule has 1 heterocycles. The van der Waals surface area contributed by atoms with Crippen molar-refractivity contribution in [2.24, 2.45) is 5.92 Å². The summed E-state index contributed by atoms with van der Waals surface area (Å²) in [5, 5.41) is 8.70. The Morgan fingerprint density at radius 1 is 1.18 bits per heavy atom. The summed E-state index contributed by atoms with van der Waals surface area (Å²) in [6.07, 6.45) is 4.08. The molecule has 0 aliphatic heterocycles. The Kier molecular flexibility index (Phi) is 9.10. The van der Waals surface area contributed by atoms with Gasteiger partial charge in [-0.1, -0.05) is 50.6 Å². The van der Waals surface area contributed by atoms with E-state index in [2.05, 4.69) is 24.0 Å². The molecule has 0 saturated heterocycles. The number of amides is 1. The van der Waals surface area contributed by atoms with Crippen LogP contribution in [-0.2, 0) is 11.3 Å². The second-order valence-corrected chi connectivity index (χ2v) is 8.60. The van der Waals surface area contributed by atoms with Gasteiger partial charge < -0.3 is 18.8 Å². The van der Waals surface area contributed by atoms with Gasteiger partial charge in [0.25, 0.3) is 0 Å². The Morgan fingerprint density at radius 2 is 1.97 bits per heavy atom. The van der Waals surface area contributed by atoms with E-state index in [9.17, 15) is 4.79 Å². The summed E-state index contributed by atoms with van der Waals surface area (Å²) in [4.78, 5) is 14.6. The van der Waals surface area contributed by atoms with Crippen molar-refractivity contribution in [3.63, 3.8) is 0 Å². The molecule has 180 valence electrons. The number of ether oxygens (including phenoxy) is 2. The van der Waals surface area contributed by atoms with Crippen LogP contribution in [0.1, 0.15) is 38.6 Å². The van der Waals surface area contributed by atoms with Crippen molar-refractivity contribution >= 4 is 23.6 Å². The molecule has 0 radical (unpaired) electrons. The molecule has 0 aliphatic carbocycles. The molecule has 0 atom stereocenters. The van der Waals surface area contributed by atoms with Crippen molar-refractivity contribution in [2.45, 2.75) is 33.7 Å². The van der Waals surface area contributed by atoms with Gasteiger partial charge in [0.1, 0.15) is 0 Å². The van der Waals surface area contributed by atoms with E-state index < -0.39 is 0 Å². The number of rotatable bonds is 11. The molecule has 0 fully saturated rings. The summed E-state index contributed by atoms with van der Waals surface area (Å²) in [6, 6.07) is 12.8. The minimum absolute atomic E-state index is 0.154. The fourth-order valence-corrected chi connectivity index (χ4v) is 3.41. The van der Waals surface area contributed by atoms with Crippen LogP contribution in [0.15, 0.2) is 53.0 Å². The Labute approximate surface area is 205 Å². The first-order valence-corrected chi connectivity index (χ1v) is 11.6. The van der Waals surface area contributed by atoms with E-state index in [1.54, 1.807) is 24.2 Å². The quantitative estimate of drug-likeness (QED) is 0.317. The predicted octanol–water partition coefficient (Wildman–Crippen LogP) is 5.89. The van der Waals surface area contributed by atoms with Gasteiger partial charge in [0.05, 0.1) is 30.8 Å². The average Bonchev–Trinajstić information content (AvgIpc) is 3.29. The van der Waals surface area contributed by atoms with Gasteiger partial charge in [0.15, 0.2) is 11.5 Å². The lowest BCUT2D eigenvalue weighted by Crippen LogP contribution is -2.29. The van der Waals surface area contributed by atoms with Crippen LogP contribution in [0, 0.1) is 5.92 Å². The minimum atomic E-state index is -0.154. The summed E-state index contributed by atoms with van der Waals surface area (Å²) in [5.74, 6) is 2.23. The zero-order valence-corrected chi connectivity index (χ0v) is 20.7. The standard InChI is InChI=1S/C26H30ClN3O4/c1-5-14-30(16-24-28-29-26(34-24)20-8-6-7-9-21(20)27)25(31)13-11-19-10-12-22(23(15-19)32-4)33-17-18(2)3/h6-13,15,18H,5,14,16-17H2,1-4H3/b13-11+. The Bertz CT molecular complexity index is 1130. The number of hydrogen-bond acceptors (Lipinski definition) is 6. The number of methoxy groups -OCH3 is 1. The Morgan fingerprint density at radius 3 is 2.68 bits per heavy atom. The molecular formula is C26H30ClN3O4. The fraction of sp³-hybridized carbons (Fsp3) is 0.346. The molecule has 0 N–H and O–H groups in total. The number of halogens is 1. The second kappa shape index (κ2) is 12.2. The number of nitrogens with zero attached hydrogens (tertiary/aromatic N) is 3. The van der Waals surface area contributed by atoms with Crippen LogP contribution < -0.4 is 9.47 Å². The molecule has 0 spiro atoms. The van der Waals surface area contributed by atoms with Gasteiger partial charge in [0.2, 0.25) is 17.7 Å². The van der Waals surface area contributed by atoms with Crippen LogP contribution in [-0.4, -0.2) is 41.3 Å². The lowest BCUT2D eigenvalue weighted by atomic mass is 10.1. The van der Waals surface area contributed by atoms with Crippen LogP contribution in [0.3, 0.4) is 0 Å². The summed E-state index contributed by atoms with van der Waals surface area (Å²) in [6.45, 7) is 7.54. The zero-order chi connectivity index (χ0) is 24.5. The van der Waals surface area contributed by atoms with Crippen LogP contribution in [0.2, 0.25) is 5.02 Å². The molecule has 0 unspecified atom stereocenters. The predicted molar refractivity (Wildman–Crippen MR) is 133 cm³/mol. The first kappa shape index (κ1) is 25.3. The lowest BCUT2D eigenvalue weighted by molar-refractivity contribution is -0.126. The van der Waals surface area contributed by atoms with Crippen LogP contribution >= 0.6 is 11.6 Å². The van der Waals surface area contributed by atoms with E-state index in [-0.39, 0.29) is 12.5 Å². The van der Waals surface area contributed by atoms with Crippen LogP contribution in [0.25, 0.3) is 17.5 Å². The van der Waals surface area contributed by atoms with Gasteiger partial charge in [-0.15, -0.1) is 10.2 Å².